The summed E-state index contributed by atoms with van der Waals surface area (Å²) in [6.07, 6.45) is 3.79. The van der Waals surface area contributed by atoms with Gasteiger partial charge in [-0.2, -0.15) is 4.58 Å². The SMILES string of the molecule is CN1/C(=C/C2=C(NC(CS(=O)(=O)[O-])C(=O)NCCCCC(=O)ON3C(=O)CCC3=O)C(=C/C3=[N+](C)c4ccccc4C3(C)C)/C2=O)C(C)(C)c2ccccc21. The number of benzene rings is 2. The Labute approximate surface area is 320 Å². The zero-order valence-electron chi connectivity index (χ0n) is 31.7. The van der Waals surface area contributed by atoms with E-state index in [1.54, 1.807) is 12.2 Å². The third-order valence-corrected chi connectivity index (χ3v) is 11.5. The van der Waals surface area contributed by atoms with Crippen LogP contribution in [0.4, 0.5) is 11.4 Å². The second-order valence-corrected chi connectivity index (χ2v) is 16.7. The number of nitrogens with zero attached hydrogens (tertiary/aromatic N) is 3. The van der Waals surface area contributed by atoms with Crippen LogP contribution < -0.4 is 15.5 Å². The molecule has 1 saturated heterocycles. The van der Waals surface area contributed by atoms with E-state index >= 15 is 0 Å². The first-order valence-electron chi connectivity index (χ1n) is 18.1. The van der Waals surface area contributed by atoms with Crippen molar-refractivity contribution in [1.29, 1.82) is 0 Å². The number of carbonyl (C=O) groups is 5. The lowest BCUT2D eigenvalue weighted by molar-refractivity contribution is -0.401. The standard InChI is InChI=1S/C40H45N5O9S/c1-39(2)26-13-7-9-15-29(26)43(5)31(39)21-24-36(25(37(24)49)22-32-40(3,4)27-14-8-10-16-30(27)44(32)6)42-28(23-55(51,52)53)38(50)41-20-12-11-17-35(48)54-45-33(46)18-19-34(45)47/h7-10,13-16,21-22,28H,11-12,17-20,23H2,1-6H3,(H2-,41,42,49,50,51,52,53). The predicted molar refractivity (Wildman–Crippen MR) is 202 cm³/mol. The van der Waals surface area contributed by atoms with E-state index in [-0.39, 0.29) is 61.3 Å². The summed E-state index contributed by atoms with van der Waals surface area (Å²) in [7, 11) is -1.14. The number of Topliss-reactive ketones (excluding diaryl/α,β-unsaturated/α-hetero) is 1. The number of anilines is 1. The predicted octanol–water partition coefficient (Wildman–Crippen LogP) is 3.16. The molecule has 1 unspecified atom stereocenters. The molecule has 0 spiro atoms. The number of allylic oxidation sites excluding steroid dienone is 5. The van der Waals surface area contributed by atoms with E-state index in [0.717, 1.165) is 33.9 Å². The molecule has 290 valence electrons. The number of hydrogen-bond acceptors (Lipinski definition) is 11. The molecule has 0 bridgehead atoms. The molecule has 15 heteroatoms. The van der Waals surface area contributed by atoms with Gasteiger partial charge in [0.2, 0.25) is 11.6 Å². The van der Waals surface area contributed by atoms with Crippen molar-refractivity contribution in [2.45, 2.75) is 76.7 Å². The molecule has 2 aromatic carbocycles. The van der Waals surface area contributed by atoms with Gasteiger partial charge in [-0.05, 0) is 44.4 Å². The number of hydrogen-bond donors (Lipinski definition) is 2. The molecule has 1 atom stereocenters. The van der Waals surface area contributed by atoms with E-state index in [2.05, 4.69) is 10.6 Å². The molecular formula is C40H45N5O9S. The third-order valence-electron chi connectivity index (χ3n) is 10.8. The average molecular weight is 772 g/mol. The fraction of sp³-hybridized carbons (Fsp3) is 0.400. The molecule has 55 heavy (non-hydrogen) atoms. The number of rotatable bonds is 13. The van der Waals surface area contributed by atoms with Gasteiger partial charge in [0, 0.05) is 72.9 Å². The van der Waals surface area contributed by atoms with Crippen LogP contribution in [0.5, 0.6) is 0 Å². The molecule has 4 aliphatic rings. The van der Waals surface area contributed by atoms with Crippen LogP contribution in [0.3, 0.4) is 0 Å². The minimum Gasteiger partial charge on any atom is -0.748 e. The van der Waals surface area contributed by atoms with Crippen molar-refractivity contribution >= 4 is 56.7 Å². The maximum Gasteiger partial charge on any atom is 0.333 e. The van der Waals surface area contributed by atoms with Crippen molar-refractivity contribution in [1.82, 2.24) is 15.7 Å². The van der Waals surface area contributed by atoms with Crippen molar-refractivity contribution in [3.63, 3.8) is 0 Å². The zero-order valence-corrected chi connectivity index (χ0v) is 32.5. The number of ketones is 1. The van der Waals surface area contributed by atoms with Crippen LogP contribution in [0.2, 0.25) is 0 Å². The molecule has 6 rings (SSSR count). The number of amides is 3. The topological polar surface area (TPSA) is 185 Å². The zero-order chi connectivity index (χ0) is 40.0. The molecule has 1 aliphatic carbocycles. The molecular weight excluding hydrogens is 727 g/mol. The normalized spacial score (nSPS) is 20.6. The highest BCUT2D eigenvalue weighted by Gasteiger charge is 2.46. The molecule has 1 fully saturated rings. The smallest absolute Gasteiger partial charge is 0.333 e. The fourth-order valence-corrected chi connectivity index (χ4v) is 8.42. The molecule has 2 N–H and O–H groups in total. The molecule has 3 heterocycles. The molecule has 3 aliphatic heterocycles. The highest BCUT2D eigenvalue weighted by molar-refractivity contribution is 7.85. The summed E-state index contributed by atoms with van der Waals surface area (Å²) >= 11 is 0. The molecule has 3 amide bonds. The maximum absolute atomic E-state index is 14.2. The third kappa shape index (κ3) is 7.50. The van der Waals surface area contributed by atoms with E-state index in [0.29, 0.717) is 5.06 Å². The van der Waals surface area contributed by atoms with E-state index in [4.69, 9.17) is 4.84 Å². The summed E-state index contributed by atoms with van der Waals surface area (Å²) in [5, 5.41) is 6.08. The van der Waals surface area contributed by atoms with Gasteiger partial charge in [-0.1, -0.05) is 50.2 Å². The van der Waals surface area contributed by atoms with Gasteiger partial charge >= 0.3 is 5.97 Å². The highest BCUT2D eigenvalue weighted by atomic mass is 32.2. The number of carbonyl (C=O) groups excluding carboxylic acids is 5. The number of imide groups is 1. The number of fused-ring (bicyclic) bond motifs is 2. The van der Waals surface area contributed by atoms with Gasteiger partial charge in [0.15, 0.2) is 11.5 Å². The summed E-state index contributed by atoms with van der Waals surface area (Å²) in [5.74, 6) is -4.17. The van der Waals surface area contributed by atoms with Crippen LogP contribution >= 0.6 is 0 Å². The Balaban J connectivity index is 1.28. The lowest BCUT2D eigenvalue weighted by Crippen LogP contribution is -2.50. The monoisotopic (exact) mass is 771 g/mol. The van der Waals surface area contributed by atoms with Gasteiger partial charge < -0.3 is 24.9 Å². The first kappa shape index (κ1) is 39.3. The Bertz CT molecular complexity index is 2230. The highest BCUT2D eigenvalue weighted by Crippen LogP contribution is 2.48. The fourth-order valence-electron chi connectivity index (χ4n) is 7.77. The van der Waals surface area contributed by atoms with Crippen LogP contribution in [-0.2, 0) is 49.8 Å². The Morgan fingerprint density at radius 1 is 0.945 bits per heavy atom. The van der Waals surface area contributed by atoms with Crippen molar-refractivity contribution in [3.8, 4) is 0 Å². The first-order chi connectivity index (χ1) is 25.8. The van der Waals surface area contributed by atoms with Gasteiger partial charge in [0.1, 0.15) is 13.1 Å². The summed E-state index contributed by atoms with van der Waals surface area (Å²) in [6, 6.07) is 14.2. The quantitative estimate of drug-likeness (QED) is 0.100. The van der Waals surface area contributed by atoms with E-state index in [1.165, 1.54) is 0 Å². The lowest BCUT2D eigenvalue weighted by atomic mass is 9.77. The Kier molecular flexibility index (Phi) is 10.5. The molecule has 14 nitrogen and oxygen atoms in total. The van der Waals surface area contributed by atoms with Crippen LogP contribution in [0.1, 0.15) is 70.9 Å². The van der Waals surface area contributed by atoms with Crippen LogP contribution in [-0.4, -0.2) is 90.2 Å². The second kappa shape index (κ2) is 14.7. The van der Waals surface area contributed by atoms with Crippen molar-refractivity contribution in [2.75, 3.05) is 31.3 Å². The van der Waals surface area contributed by atoms with Crippen molar-refractivity contribution in [2.24, 2.45) is 0 Å². The van der Waals surface area contributed by atoms with Gasteiger partial charge in [0.25, 0.3) is 11.8 Å². The van der Waals surface area contributed by atoms with Crippen molar-refractivity contribution in [3.05, 3.63) is 94.4 Å². The number of unbranched alkanes of at least 4 members (excludes halogenated alkanes) is 1. The van der Waals surface area contributed by atoms with E-state index in [1.807, 2.05) is 99.8 Å². The van der Waals surface area contributed by atoms with Crippen LogP contribution in [0.25, 0.3) is 0 Å². The number of para-hydroxylation sites is 2. The Morgan fingerprint density at radius 3 is 2.22 bits per heavy atom. The van der Waals surface area contributed by atoms with Crippen LogP contribution in [0, 0.1) is 0 Å². The van der Waals surface area contributed by atoms with Gasteiger partial charge in [0.05, 0.1) is 32.6 Å². The molecule has 0 radical (unpaired) electrons. The number of likely N-dealkylation sites (N-methyl/N-ethyl adjacent to an activating group) is 1. The minimum absolute atomic E-state index is 0.00870. The lowest BCUT2D eigenvalue weighted by Gasteiger charge is -2.32. The Morgan fingerprint density at radius 2 is 1.58 bits per heavy atom. The van der Waals surface area contributed by atoms with Gasteiger partial charge in [-0.15, -0.1) is 5.06 Å². The maximum atomic E-state index is 14.2. The molecule has 2 aromatic rings. The number of hydroxylamine groups is 2. The molecule has 0 saturated carbocycles. The average Bonchev–Trinajstić information content (AvgIpc) is 3.62. The molecule has 0 aromatic heterocycles. The second-order valence-electron chi connectivity index (χ2n) is 15.2. The minimum atomic E-state index is -4.94. The van der Waals surface area contributed by atoms with Crippen molar-refractivity contribution < 1.29 is 46.4 Å². The van der Waals surface area contributed by atoms with Gasteiger partial charge in [-0.3, -0.25) is 19.2 Å². The van der Waals surface area contributed by atoms with E-state index in [9.17, 15) is 36.9 Å². The summed E-state index contributed by atoms with van der Waals surface area (Å²) in [5.41, 5.74) is 5.38. The summed E-state index contributed by atoms with van der Waals surface area (Å²) in [6.45, 7) is 8.19. The van der Waals surface area contributed by atoms with Crippen LogP contribution in [0.15, 0.2) is 83.2 Å². The number of nitrogens with one attached hydrogen (secondary N) is 2. The summed E-state index contributed by atoms with van der Waals surface area (Å²) < 4.78 is 38.5. The van der Waals surface area contributed by atoms with E-state index < -0.39 is 56.4 Å². The van der Waals surface area contributed by atoms with Gasteiger partial charge in [-0.25, -0.2) is 13.2 Å². The first-order valence-corrected chi connectivity index (χ1v) is 19.7. The Hall–Kier alpha value is -5.41. The summed E-state index contributed by atoms with van der Waals surface area (Å²) in [4.78, 5) is 70.2. The largest absolute Gasteiger partial charge is 0.748 e.